The summed E-state index contributed by atoms with van der Waals surface area (Å²) in [4.78, 5) is 11.9. The highest BCUT2D eigenvalue weighted by Crippen LogP contribution is 2.26. The van der Waals surface area contributed by atoms with E-state index < -0.39 is 9.84 Å². The van der Waals surface area contributed by atoms with Crippen LogP contribution in [-0.4, -0.2) is 32.9 Å². The number of nitrogen functional groups attached to an aromatic ring is 1. The van der Waals surface area contributed by atoms with E-state index in [0.717, 1.165) is 0 Å². The Morgan fingerprint density at radius 3 is 2.85 bits per heavy atom. The maximum absolute atomic E-state index is 11.9. The normalized spacial score (nSPS) is 20.6. The van der Waals surface area contributed by atoms with Gasteiger partial charge in [0.15, 0.2) is 9.84 Å². The Hall–Kier alpha value is -1.76. The van der Waals surface area contributed by atoms with Crippen molar-refractivity contribution in [2.45, 2.75) is 12.8 Å². The third kappa shape index (κ3) is 3.63. The molecule has 110 valence electrons. The third-order valence-electron chi connectivity index (χ3n) is 3.34. The van der Waals surface area contributed by atoms with E-state index in [2.05, 4.69) is 5.32 Å². The summed E-state index contributed by atoms with van der Waals surface area (Å²) in [5.74, 6) is 0.525. The lowest BCUT2D eigenvalue weighted by Crippen LogP contribution is -2.18. The van der Waals surface area contributed by atoms with Crippen molar-refractivity contribution in [3.63, 3.8) is 0 Å². The number of amides is 1. The fourth-order valence-electron chi connectivity index (χ4n) is 2.27. The molecule has 1 heterocycles. The van der Waals surface area contributed by atoms with Crippen LogP contribution in [0, 0.1) is 5.92 Å². The zero-order valence-corrected chi connectivity index (χ0v) is 12.1. The molecule has 20 heavy (non-hydrogen) atoms. The quantitative estimate of drug-likeness (QED) is 0.809. The Kier molecular flexibility index (Phi) is 4.17. The first-order chi connectivity index (χ1) is 9.39. The van der Waals surface area contributed by atoms with Crippen LogP contribution < -0.4 is 15.8 Å². The molecule has 0 aliphatic carbocycles. The molecule has 1 amide bonds. The van der Waals surface area contributed by atoms with E-state index >= 15 is 0 Å². The number of carbonyl (C=O) groups is 1. The van der Waals surface area contributed by atoms with E-state index in [4.69, 9.17) is 10.5 Å². The van der Waals surface area contributed by atoms with Gasteiger partial charge in [0.25, 0.3) is 0 Å². The molecule has 3 N–H and O–H groups in total. The summed E-state index contributed by atoms with van der Waals surface area (Å²) in [6, 6.07) is 4.99. The molecule has 1 aromatic rings. The Bertz CT molecular complexity index is 613. The van der Waals surface area contributed by atoms with Gasteiger partial charge in [-0.15, -0.1) is 0 Å². The second kappa shape index (κ2) is 5.70. The Morgan fingerprint density at radius 2 is 2.25 bits per heavy atom. The van der Waals surface area contributed by atoms with Crippen molar-refractivity contribution in [3.05, 3.63) is 18.2 Å². The van der Waals surface area contributed by atoms with Crippen molar-refractivity contribution >= 4 is 27.1 Å². The van der Waals surface area contributed by atoms with Crippen LogP contribution in [0.25, 0.3) is 0 Å². The van der Waals surface area contributed by atoms with Gasteiger partial charge in [0, 0.05) is 12.5 Å². The minimum Gasteiger partial charge on any atom is -0.497 e. The predicted molar refractivity (Wildman–Crippen MR) is 77.4 cm³/mol. The molecule has 0 saturated carbocycles. The van der Waals surface area contributed by atoms with Crippen molar-refractivity contribution in [1.82, 2.24) is 0 Å². The molecule has 0 radical (unpaired) electrons. The number of nitrogens with two attached hydrogens (primary N) is 1. The van der Waals surface area contributed by atoms with E-state index in [-0.39, 0.29) is 29.8 Å². The van der Waals surface area contributed by atoms with Crippen LogP contribution in [0.15, 0.2) is 18.2 Å². The average molecular weight is 298 g/mol. The number of hydrogen-bond acceptors (Lipinski definition) is 5. The highest BCUT2D eigenvalue weighted by atomic mass is 32.2. The fraction of sp³-hybridized carbons (Fsp3) is 0.462. The molecule has 1 aliphatic heterocycles. The number of ether oxygens (including phenoxy) is 1. The zero-order valence-electron chi connectivity index (χ0n) is 11.3. The number of rotatable bonds is 4. The van der Waals surface area contributed by atoms with Crippen LogP contribution in [0.3, 0.4) is 0 Å². The van der Waals surface area contributed by atoms with E-state index in [9.17, 15) is 13.2 Å². The molecule has 2 rings (SSSR count). The van der Waals surface area contributed by atoms with E-state index in [0.29, 0.717) is 23.5 Å². The molecule has 0 bridgehead atoms. The highest BCUT2D eigenvalue weighted by molar-refractivity contribution is 7.91. The molecule has 7 heteroatoms. The summed E-state index contributed by atoms with van der Waals surface area (Å²) in [6.07, 6.45) is 0.735. The number of nitrogens with one attached hydrogen (secondary N) is 1. The van der Waals surface area contributed by atoms with Gasteiger partial charge in [-0.3, -0.25) is 4.79 Å². The number of benzene rings is 1. The summed E-state index contributed by atoms with van der Waals surface area (Å²) in [7, 11) is -1.43. The first kappa shape index (κ1) is 14.6. The summed E-state index contributed by atoms with van der Waals surface area (Å²) < 4.78 is 27.8. The van der Waals surface area contributed by atoms with Gasteiger partial charge < -0.3 is 15.8 Å². The van der Waals surface area contributed by atoms with E-state index in [1.807, 2.05) is 0 Å². The molecule has 1 aliphatic rings. The van der Waals surface area contributed by atoms with E-state index in [1.54, 1.807) is 18.2 Å². The van der Waals surface area contributed by atoms with Gasteiger partial charge in [0.1, 0.15) is 5.75 Å². The summed E-state index contributed by atoms with van der Waals surface area (Å²) in [5.41, 5.74) is 6.70. The van der Waals surface area contributed by atoms with Crippen LogP contribution in [0.2, 0.25) is 0 Å². The van der Waals surface area contributed by atoms with Gasteiger partial charge in [-0.05, 0) is 24.5 Å². The molecule has 1 atom stereocenters. The van der Waals surface area contributed by atoms with Crippen molar-refractivity contribution < 1.29 is 17.9 Å². The maximum Gasteiger partial charge on any atom is 0.224 e. The number of carbonyl (C=O) groups excluding carboxylic acids is 1. The van der Waals surface area contributed by atoms with Crippen LogP contribution in [0.5, 0.6) is 5.75 Å². The van der Waals surface area contributed by atoms with Crippen molar-refractivity contribution in [3.8, 4) is 5.75 Å². The Morgan fingerprint density at radius 1 is 1.50 bits per heavy atom. The monoisotopic (exact) mass is 298 g/mol. The van der Waals surface area contributed by atoms with Crippen molar-refractivity contribution in [2.24, 2.45) is 5.92 Å². The molecule has 6 nitrogen and oxygen atoms in total. The molecule has 0 aromatic heterocycles. The van der Waals surface area contributed by atoms with Crippen molar-refractivity contribution in [2.75, 3.05) is 29.7 Å². The lowest BCUT2D eigenvalue weighted by molar-refractivity contribution is -0.116. The molecule has 1 fully saturated rings. The molecular formula is C13H18N2O4S. The number of methoxy groups -OCH3 is 1. The standard InChI is InChI=1S/C13H18N2O4S/c1-19-10-2-3-11(14)12(7-10)15-13(16)6-9-4-5-20(17,18)8-9/h2-3,7,9H,4-6,8,14H2,1H3,(H,15,16). The average Bonchev–Trinajstić information content (AvgIpc) is 2.71. The van der Waals surface area contributed by atoms with Gasteiger partial charge in [-0.2, -0.15) is 0 Å². The molecule has 0 spiro atoms. The topological polar surface area (TPSA) is 98.5 Å². The van der Waals surface area contributed by atoms with Gasteiger partial charge >= 0.3 is 0 Å². The van der Waals surface area contributed by atoms with Gasteiger partial charge in [0.05, 0.1) is 30.0 Å². The lowest BCUT2D eigenvalue weighted by atomic mass is 10.0. The zero-order chi connectivity index (χ0) is 14.8. The van der Waals surface area contributed by atoms with Crippen LogP contribution >= 0.6 is 0 Å². The SMILES string of the molecule is COc1ccc(N)c(NC(=O)CC2CCS(=O)(=O)C2)c1. The van der Waals surface area contributed by atoms with Crippen LogP contribution in [-0.2, 0) is 14.6 Å². The lowest BCUT2D eigenvalue weighted by Gasteiger charge is -2.11. The van der Waals surface area contributed by atoms with Gasteiger partial charge in [-0.1, -0.05) is 0 Å². The van der Waals surface area contributed by atoms with Crippen molar-refractivity contribution in [1.29, 1.82) is 0 Å². The largest absolute Gasteiger partial charge is 0.497 e. The number of sulfone groups is 1. The Balaban J connectivity index is 1.98. The summed E-state index contributed by atoms with van der Waals surface area (Å²) >= 11 is 0. The molecule has 1 saturated heterocycles. The molecular weight excluding hydrogens is 280 g/mol. The Labute approximate surface area is 118 Å². The highest BCUT2D eigenvalue weighted by Gasteiger charge is 2.29. The maximum atomic E-state index is 11.9. The second-order valence-electron chi connectivity index (χ2n) is 4.97. The number of anilines is 2. The summed E-state index contributed by atoms with van der Waals surface area (Å²) in [5, 5.41) is 2.70. The van der Waals surface area contributed by atoms with Crippen LogP contribution in [0.1, 0.15) is 12.8 Å². The smallest absolute Gasteiger partial charge is 0.224 e. The second-order valence-corrected chi connectivity index (χ2v) is 7.20. The first-order valence-electron chi connectivity index (χ1n) is 6.33. The first-order valence-corrected chi connectivity index (χ1v) is 8.15. The van der Waals surface area contributed by atoms with E-state index in [1.165, 1.54) is 7.11 Å². The predicted octanol–water partition coefficient (Wildman–Crippen LogP) is 1.04. The van der Waals surface area contributed by atoms with Crippen LogP contribution in [0.4, 0.5) is 11.4 Å². The molecule has 1 unspecified atom stereocenters. The minimum atomic E-state index is -2.96. The summed E-state index contributed by atoms with van der Waals surface area (Å²) in [6.45, 7) is 0. The minimum absolute atomic E-state index is 0.0913. The molecule has 1 aromatic carbocycles. The van der Waals surface area contributed by atoms with Gasteiger partial charge in [0.2, 0.25) is 5.91 Å². The number of hydrogen-bond donors (Lipinski definition) is 2. The fourth-order valence-corrected chi connectivity index (χ4v) is 4.13. The third-order valence-corrected chi connectivity index (χ3v) is 5.17. The van der Waals surface area contributed by atoms with Gasteiger partial charge in [-0.25, -0.2) is 8.42 Å².